The molecule has 3 amide bonds. The summed E-state index contributed by atoms with van der Waals surface area (Å²) in [5.74, 6) is -4.27. The van der Waals surface area contributed by atoms with Gasteiger partial charge in [0.25, 0.3) is 11.6 Å². The fraction of sp³-hybridized carbons (Fsp3) is 0.333. The highest BCUT2D eigenvalue weighted by molar-refractivity contribution is 6.10. The van der Waals surface area contributed by atoms with Gasteiger partial charge in [0.15, 0.2) is 6.61 Å². The van der Waals surface area contributed by atoms with Gasteiger partial charge < -0.3 is 10.1 Å². The standard InChI is InChI=1S/C33H31N3O7/c1-17(2)14-25(33(40)43-16-26(37)34-19-13-12-18(3)24(15-19)36(41)42)35-31(38)29-27-20-8-4-5-9-21(20)28(30(29)32(35)39)23-11-7-6-10-22(23)27/h4-13,15,17,25,27-30H,14,16H2,1-3H3,(H,34,37)/t25-,27?,28?,29+,30+/m0/s1. The number of nitro benzene ring substituents is 1. The second-order valence-electron chi connectivity index (χ2n) is 11.9. The van der Waals surface area contributed by atoms with E-state index in [1.807, 2.05) is 62.4 Å². The molecule has 43 heavy (non-hydrogen) atoms. The monoisotopic (exact) mass is 581 g/mol. The first kappa shape index (κ1) is 28.3. The number of benzene rings is 3. The average Bonchev–Trinajstić information content (AvgIpc) is 3.25. The van der Waals surface area contributed by atoms with Gasteiger partial charge in [0.2, 0.25) is 11.8 Å². The van der Waals surface area contributed by atoms with E-state index in [9.17, 15) is 29.3 Å². The van der Waals surface area contributed by atoms with E-state index in [1.54, 1.807) is 6.92 Å². The largest absolute Gasteiger partial charge is 0.454 e. The van der Waals surface area contributed by atoms with Gasteiger partial charge in [0.1, 0.15) is 6.04 Å². The van der Waals surface area contributed by atoms with Crippen LogP contribution >= 0.6 is 0 Å². The number of amides is 3. The number of ether oxygens (including phenoxy) is 1. The van der Waals surface area contributed by atoms with Gasteiger partial charge in [-0.2, -0.15) is 0 Å². The first-order chi connectivity index (χ1) is 20.6. The summed E-state index contributed by atoms with van der Waals surface area (Å²) in [7, 11) is 0. The molecular formula is C33H31N3O7. The Morgan fingerprint density at radius 2 is 1.42 bits per heavy atom. The Morgan fingerprint density at radius 3 is 1.88 bits per heavy atom. The number of imide groups is 1. The number of carbonyl (C=O) groups is 4. The summed E-state index contributed by atoms with van der Waals surface area (Å²) in [6.45, 7) is 4.66. The maximum absolute atomic E-state index is 14.1. The Kier molecular flexibility index (Phi) is 7.07. The first-order valence-electron chi connectivity index (χ1n) is 14.3. The van der Waals surface area contributed by atoms with Crippen molar-refractivity contribution in [2.24, 2.45) is 17.8 Å². The Labute approximate surface area is 248 Å². The molecule has 220 valence electrons. The molecule has 0 spiro atoms. The lowest BCUT2D eigenvalue weighted by Crippen LogP contribution is -2.47. The van der Waals surface area contributed by atoms with Crippen LogP contribution in [0.3, 0.4) is 0 Å². The van der Waals surface area contributed by atoms with E-state index in [4.69, 9.17) is 4.74 Å². The molecule has 0 unspecified atom stereocenters. The predicted octanol–water partition coefficient (Wildman–Crippen LogP) is 4.69. The number of nitrogens with one attached hydrogen (secondary N) is 1. The number of nitro groups is 1. The molecule has 1 aliphatic heterocycles. The average molecular weight is 582 g/mol. The predicted molar refractivity (Wildman–Crippen MR) is 156 cm³/mol. The van der Waals surface area contributed by atoms with Crippen LogP contribution in [0, 0.1) is 34.8 Å². The summed E-state index contributed by atoms with van der Waals surface area (Å²) < 4.78 is 5.36. The van der Waals surface area contributed by atoms with Gasteiger partial charge >= 0.3 is 5.97 Å². The number of rotatable bonds is 8. The maximum atomic E-state index is 14.1. The van der Waals surface area contributed by atoms with Crippen LogP contribution in [0.5, 0.6) is 0 Å². The summed E-state index contributed by atoms with van der Waals surface area (Å²) in [6.07, 6.45) is 0.177. The molecule has 1 fully saturated rings. The summed E-state index contributed by atoms with van der Waals surface area (Å²) in [5, 5.41) is 13.7. The lowest BCUT2D eigenvalue weighted by atomic mass is 9.55. The zero-order chi connectivity index (χ0) is 30.6. The molecule has 0 saturated carbocycles. The molecule has 4 aliphatic rings. The van der Waals surface area contributed by atoms with Gasteiger partial charge in [-0.25, -0.2) is 4.79 Å². The van der Waals surface area contributed by atoms with E-state index in [1.165, 1.54) is 18.2 Å². The summed E-state index contributed by atoms with van der Waals surface area (Å²) in [6, 6.07) is 18.9. The molecule has 3 atom stereocenters. The van der Waals surface area contributed by atoms with Crippen LogP contribution in [0.2, 0.25) is 0 Å². The zero-order valence-corrected chi connectivity index (χ0v) is 24.0. The third-order valence-corrected chi connectivity index (χ3v) is 8.80. The van der Waals surface area contributed by atoms with Gasteiger partial charge in [-0.1, -0.05) is 68.4 Å². The van der Waals surface area contributed by atoms with Crippen LogP contribution in [0.4, 0.5) is 11.4 Å². The second-order valence-corrected chi connectivity index (χ2v) is 11.9. The van der Waals surface area contributed by atoms with E-state index in [-0.39, 0.29) is 35.5 Å². The van der Waals surface area contributed by atoms with Crippen molar-refractivity contribution in [2.75, 3.05) is 11.9 Å². The third-order valence-electron chi connectivity index (χ3n) is 8.80. The molecule has 1 saturated heterocycles. The fourth-order valence-electron chi connectivity index (χ4n) is 7.07. The molecule has 10 heteroatoms. The molecule has 1 heterocycles. The van der Waals surface area contributed by atoms with Crippen LogP contribution in [0.25, 0.3) is 0 Å². The van der Waals surface area contributed by atoms with Crippen LogP contribution in [0.15, 0.2) is 66.7 Å². The summed E-state index contributed by atoms with van der Waals surface area (Å²) in [4.78, 5) is 66.2. The summed E-state index contributed by atoms with van der Waals surface area (Å²) >= 11 is 0. The smallest absolute Gasteiger partial charge is 0.329 e. The Hall–Kier alpha value is -4.86. The van der Waals surface area contributed by atoms with Crippen molar-refractivity contribution in [1.29, 1.82) is 0 Å². The number of carbonyl (C=O) groups excluding carboxylic acids is 4. The minimum absolute atomic E-state index is 0.0613. The molecule has 10 nitrogen and oxygen atoms in total. The maximum Gasteiger partial charge on any atom is 0.329 e. The number of nitrogens with zero attached hydrogens (tertiary/aromatic N) is 2. The number of aryl methyl sites for hydroxylation is 1. The van der Waals surface area contributed by atoms with E-state index in [2.05, 4.69) is 5.32 Å². The molecule has 3 aliphatic carbocycles. The molecule has 1 N–H and O–H groups in total. The van der Waals surface area contributed by atoms with Gasteiger partial charge in [-0.3, -0.25) is 29.4 Å². The van der Waals surface area contributed by atoms with Crippen LogP contribution < -0.4 is 5.32 Å². The molecule has 0 aromatic heterocycles. The molecule has 3 aromatic carbocycles. The lowest BCUT2D eigenvalue weighted by Gasteiger charge is -2.45. The van der Waals surface area contributed by atoms with E-state index in [0.717, 1.165) is 27.2 Å². The van der Waals surface area contributed by atoms with Crippen LogP contribution in [-0.2, 0) is 23.9 Å². The normalized spacial score (nSPS) is 22.1. The van der Waals surface area contributed by atoms with Gasteiger partial charge in [-0.05, 0) is 47.6 Å². The minimum Gasteiger partial charge on any atom is -0.454 e. The highest BCUT2D eigenvalue weighted by Crippen LogP contribution is 2.61. The highest BCUT2D eigenvalue weighted by atomic mass is 16.6. The van der Waals surface area contributed by atoms with Gasteiger partial charge in [0.05, 0.1) is 16.8 Å². The molecule has 3 aromatic rings. The number of likely N-dealkylation sites (tertiary alicyclic amines) is 1. The van der Waals surface area contributed by atoms with Crippen LogP contribution in [0.1, 0.15) is 59.9 Å². The highest BCUT2D eigenvalue weighted by Gasteiger charge is 2.63. The molecular weight excluding hydrogens is 550 g/mol. The molecule has 0 radical (unpaired) electrons. The quantitative estimate of drug-likeness (QED) is 0.176. The third kappa shape index (κ3) is 4.67. The zero-order valence-electron chi connectivity index (χ0n) is 24.0. The fourth-order valence-corrected chi connectivity index (χ4v) is 7.07. The van der Waals surface area contributed by atoms with Crippen molar-refractivity contribution in [2.45, 2.75) is 45.1 Å². The Bertz CT molecular complexity index is 1570. The van der Waals surface area contributed by atoms with Gasteiger partial charge in [0, 0.05) is 29.2 Å². The number of hydrogen-bond donors (Lipinski definition) is 1. The first-order valence-corrected chi connectivity index (χ1v) is 14.3. The van der Waals surface area contributed by atoms with Crippen molar-refractivity contribution in [3.05, 3.63) is 105 Å². The van der Waals surface area contributed by atoms with Crippen molar-refractivity contribution in [3.63, 3.8) is 0 Å². The topological polar surface area (TPSA) is 136 Å². The van der Waals surface area contributed by atoms with Crippen molar-refractivity contribution < 1.29 is 28.8 Å². The Morgan fingerprint density at radius 1 is 0.907 bits per heavy atom. The SMILES string of the molecule is Cc1ccc(NC(=O)COC(=O)[C@H](CC(C)C)N2C(=O)[C@@H]3C4c5ccccc5C(c5ccccc54)[C@H]3C2=O)cc1[N+](=O)[O-]. The van der Waals surface area contributed by atoms with E-state index < -0.39 is 53.1 Å². The number of anilines is 1. The summed E-state index contributed by atoms with van der Waals surface area (Å²) in [5.41, 5.74) is 4.60. The number of hydrogen-bond acceptors (Lipinski definition) is 7. The second kappa shape index (κ2) is 10.8. The van der Waals surface area contributed by atoms with E-state index in [0.29, 0.717) is 5.56 Å². The molecule has 2 bridgehead atoms. The van der Waals surface area contributed by atoms with E-state index >= 15 is 0 Å². The number of esters is 1. The molecule has 7 rings (SSSR count). The van der Waals surface area contributed by atoms with Crippen molar-refractivity contribution >= 4 is 35.1 Å². The lowest BCUT2D eigenvalue weighted by molar-refractivity contribution is -0.385. The van der Waals surface area contributed by atoms with Crippen LogP contribution in [-0.4, -0.2) is 46.2 Å². The van der Waals surface area contributed by atoms with Crippen molar-refractivity contribution in [1.82, 2.24) is 4.90 Å². The van der Waals surface area contributed by atoms with Crippen molar-refractivity contribution in [3.8, 4) is 0 Å². The minimum atomic E-state index is -1.19. The van der Waals surface area contributed by atoms with Gasteiger partial charge in [-0.15, -0.1) is 0 Å². The Balaban J connectivity index is 1.24.